The molecule has 1 atom stereocenters. The SMILES string of the molecule is Clc1ccccc1.N#Cc1ccc(C(CO)N2CCN(c3ccc(OCCO)cc3F)CC2)nc1. The van der Waals surface area contributed by atoms with Crippen molar-refractivity contribution in [3.8, 4) is 11.8 Å². The van der Waals surface area contributed by atoms with Crippen molar-refractivity contribution in [1.29, 1.82) is 5.26 Å². The Labute approximate surface area is 209 Å². The van der Waals surface area contributed by atoms with Crippen LogP contribution in [-0.4, -0.2) is 66.1 Å². The van der Waals surface area contributed by atoms with E-state index in [1.54, 1.807) is 24.3 Å². The van der Waals surface area contributed by atoms with Crippen molar-refractivity contribution in [2.75, 3.05) is 50.9 Å². The van der Waals surface area contributed by atoms with Crippen LogP contribution in [0.25, 0.3) is 0 Å². The molecule has 9 heteroatoms. The number of pyridine rings is 1. The maximum absolute atomic E-state index is 14.4. The van der Waals surface area contributed by atoms with Crippen molar-refractivity contribution < 1.29 is 19.3 Å². The summed E-state index contributed by atoms with van der Waals surface area (Å²) in [7, 11) is 0. The lowest BCUT2D eigenvalue weighted by Crippen LogP contribution is -2.48. The second-order valence-electron chi connectivity index (χ2n) is 7.79. The maximum Gasteiger partial charge on any atom is 0.150 e. The number of nitrogens with zero attached hydrogens (tertiary/aromatic N) is 4. The molecule has 184 valence electrons. The summed E-state index contributed by atoms with van der Waals surface area (Å²) in [4.78, 5) is 8.37. The van der Waals surface area contributed by atoms with Crippen LogP contribution in [0.5, 0.6) is 5.75 Å². The molecule has 7 nitrogen and oxygen atoms in total. The molecule has 0 spiro atoms. The zero-order chi connectivity index (χ0) is 25.0. The van der Waals surface area contributed by atoms with E-state index in [9.17, 15) is 9.50 Å². The van der Waals surface area contributed by atoms with Crippen LogP contribution in [0, 0.1) is 17.1 Å². The molecular formula is C26H28ClFN4O3. The number of rotatable bonds is 7. The average molecular weight is 499 g/mol. The molecule has 0 aliphatic carbocycles. The van der Waals surface area contributed by atoms with Gasteiger partial charge in [-0.1, -0.05) is 29.8 Å². The van der Waals surface area contributed by atoms with E-state index < -0.39 is 0 Å². The van der Waals surface area contributed by atoms with Gasteiger partial charge >= 0.3 is 0 Å². The number of halogens is 2. The number of benzene rings is 2. The number of nitriles is 1. The molecule has 0 radical (unpaired) electrons. The van der Waals surface area contributed by atoms with Gasteiger partial charge in [0.1, 0.15) is 24.2 Å². The molecule has 2 heterocycles. The minimum Gasteiger partial charge on any atom is -0.491 e. The van der Waals surface area contributed by atoms with Crippen molar-refractivity contribution in [2.24, 2.45) is 0 Å². The van der Waals surface area contributed by atoms with Gasteiger partial charge < -0.3 is 19.8 Å². The minimum atomic E-state index is -0.364. The number of aliphatic hydroxyl groups excluding tert-OH is 2. The van der Waals surface area contributed by atoms with E-state index in [1.807, 2.05) is 41.3 Å². The number of piperazine rings is 1. The van der Waals surface area contributed by atoms with Gasteiger partial charge in [-0.25, -0.2) is 4.39 Å². The molecule has 3 aromatic rings. The zero-order valence-electron chi connectivity index (χ0n) is 19.2. The summed E-state index contributed by atoms with van der Waals surface area (Å²) < 4.78 is 19.7. The van der Waals surface area contributed by atoms with Crippen LogP contribution in [-0.2, 0) is 0 Å². The maximum atomic E-state index is 14.4. The highest BCUT2D eigenvalue weighted by Gasteiger charge is 2.26. The first-order valence-corrected chi connectivity index (χ1v) is 11.6. The Morgan fingerprint density at radius 1 is 1.06 bits per heavy atom. The Kier molecular flexibility index (Phi) is 10.3. The van der Waals surface area contributed by atoms with Crippen LogP contribution in [0.2, 0.25) is 5.02 Å². The van der Waals surface area contributed by atoms with Gasteiger partial charge in [0.05, 0.1) is 36.2 Å². The first-order valence-electron chi connectivity index (χ1n) is 11.3. The van der Waals surface area contributed by atoms with Crippen LogP contribution < -0.4 is 9.64 Å². The number of aliphatic hydroxyl groups is 2. The number of hydrogen-bond acceptors (Lipinski definition) is 7. The quantitative estimate of drug-likeness (QED) is 0.513. The van der Waals surface area contributed by atoms with Gasteiger partial charge in [-0.15, -0.1) is 0 Å². The van der Waals surface area contributed by atoms with Crippen LogP contribution in [0.1, 0.15) is 17.3 Å². The molecule has 1 unspecified atom stereocenters. The lowest BCUT2D eigenvalue weighted by Gasteiger charge is -2.39. The predicted molar refractivity (Wildman–Crippen MR) is 133 cm³/mol. The third kappa shape index (κ3) is 7.64. The van der Waals surface area contributed by atoms with Gasteiger partial charge in [0.2, 0.25) is 0 Å². The fraction of sp³-hybridized carbons (Fsp3) is 0.308. The molecule has 4 rings (SSSR count). The second-order valence-corrected chi connectivity index (χ2v) is 8.22. The summed E-state index contributed by atoms with van der Waals surface area (Å²) in [6, 6.07) is 19.4. The molecule has 1 fully saturated rings. The van der Waals surface area contributed by atoms with E-state index in [4.69, 9.17) is 26.7 Å². The third-order valence-corrected chi connectivity index (χ3v) is 5.79. The van der Waals surface area contributed by atoms with Crippen molar-refractivity contribution in [3.05, 3.63) is 89.0 Å². The monoisotopic (exact) mass is 498 g/mol. The molecule has 1 saturated heterocycles. The highest BCUT2D eigenvalue weighted by atomic mass is 35.5. The Morgan fingerprint density at radius 3 is 2.31 bits per heavy atom. The topological polar surface area (TPSA) is 92.9 Å². The first kappa shape index (κ1) is 26.4. The zero-order valence-corrected chi connectivity index (χ0v) is 20.0. The molecule has 1 aromatic heterocycles. The van der Waals surface area contributed by atoms with Crippen molar-refractivity contribution in [3.63, 3.8) is 0 Å². The Balaban J connectivity index is 0.000000420. The third-order valence-electron chi connectivity index (χ3n) is 5.54. The second kappa shape index (κ2) is 13.6. The molecule has 0 bridgehead atoms. The first-order chi connectivity index (χ1) is 17.0. The van der Waals surface area contributed by atoms with Crippen molar-refractivity contribution >= 4 is 17.3 Å². The van der Waals surface area contributed by atoms with E-state index in [-0.39, 0.29) is 31.7 Å². The van der Waals surface area contributed by atoms with E-state index in [0.29, 0.717) is 48.9 Å². The predicted octanol–water partition coefficient (Wildman–Crippen LogP) is 3.66. The van der Waals surface area contributed by atoms with Crippen molar-refractivity contribution in [1.82, 2.24) is 9.88 Å². The largest absolute Gasteiger partial charge is 0.491 e. The van der Waals surface area contributed by atoms with Crippen LogP contribution in [0.15, 0.2) is 66.9 Å². The molecule has 2 aromatic carbocycles. The van der Waals surface area contributed by atoms with Crippen LogP contribution >= 0.6 is 11.6 Å². The smallest absolute Gasteiger partial charge is 0.150 e. The summed E-state index contributed by atoms with van der Waals surface area (Å²) >= 11 is 5.54. The van der Waals surface area contributed by atoms with Gasteiger partial charge in [0, 0.05) is 43.5 Å². The number of hydrogen-bond donors (Lipinski definition) is 2. The van der Waals surface area contributed by atoms with Crippen LogP contribution in [0.4, 0.5) is 10.1 Å². The van der Waals surface area contributed by atoms with Gasteiger partial charge in [0.15, 0.2) is 0 Å². The molecule has 0 saturated carbocycles. The summed E-state index contributed by atoms with van der Waals surface area (Å²) in [6.45, 7) is 2.45. The van der Waals surface area contributed by atoms with E-state index in [1.165, 1.54) is 12.3 Å². The van der Waals surface area contributed by atoms with E-state index in [2.05, 4.69) is 9.88 Å². The van der Waals surface area contributed by atoms with Crippen LogP contribution in [0.3, 0.4) is 0 Å². The lowest BCUT2D eigenvalue weighted by atomic mass is 10.1. The van der Waals surface area contributed by atoms with Gasteiger partial charge in [0.25, 0.3) is 0 Å². The van der Waals surface area contributed by atoms with Gasteiger partial charge in [-0.3, -0.25) is 9.88 Å². The Morgan fingerprint density at radius 2 is 1.80 bits per heavy atom. The fourth-order valence-electron chi connectivity index (χ4n) is 3.75. The number of anilines is 1. The molecular weight excluding hydrogens is 471 g/mol. The Bertz CT molecular complexity index is 1090. The lowest BCUT2D eigenvalue weighted by molar-refractivity contribution is 0.114. The number of ether oxygens (including phenoxy) is 1. The molecule has 0 amide bonds. The molecule has 35 heavy (non-hydrogen) atoms. The molecule has 2 N–H and O–H groups in total. The number of aromatic nitrogens is 1. The van der Waals surface area contributed by atoms with E-state index >= 15 is 0 Å². The molecule has 1 aliphatic rings. The summed E-state index contributed by atoms with van der Waals surface area (Å²) in [6.07, 6.45) is 1.50. The summed E-state index contributed by atoms with van der Waals surface area (Å²) in [5, 5.41) is 28.3. The molecule has 1 aliphatic heterocycles. The summed E-state index contributed by atoms with van der Waals surface area (Å²) in [5.74, 6) is 0.0255. The van der Waals surface area contributed by atoms with Gasteiger partial charge in [-0.05, 0) is 36.4 Å². The highest BCUT2D eigenvalue weighted by molar-refractivity contribution is 6.30. The van der Waals surface area contributed by atoms with Crippen molar-refractivity contribution in [2.45, 2.75) is 6.04 Å². The summed E-state index contributed by atoms with van der Waals surface area (Å²) in [5.41, 5.74) is 1.70. The Hall–Kier alpha value is -3.22. The normalized spacial score (nSPS) is 14.4. The highest BCUT2D eigenvalue weighted by Crippen LogP contribution is 2.27. The standard InChI is InChI=1S/C20H23FN4O3.C6H5Cl/c21-17-11-16(28-10-9-26)2-4-19(17)24-5-7-25(8-6-24)20(14-27)18-3-1-15(12-22)13-23-18;7-6-4-2-1-3-5-6/h1-4,11,13,20,26-27H,5-10,14H2;1-5H. The van der Waals surface area contributed by atoms with E-state index in [0.717, 1.165) is 5.02 Å². The average Bonchev–Trinajstić information content (AvgIpc) is 2.90. The minimum absolute atomic E-state index is 0.0792. The fourth-order valence-corrected chi connectivity index (χ4v) is 3.90. The van der Waals surface area contributed by atoms with Gasteiger partial charge in [-0.2, -0.15) is 5.26 Å².